The van der Waals surface area contributed by atoms with Crippen molar-refractivity contribution in [2.45, 2.75) is 25.0 Å². The Morgan fingerprint density at radius 3 is 2.32 bits per heavy atom. The fraction of sp³-hybridized carbons (Fsp3) is 0.222. The third kappa shape index (κ3) is 2.31. The van der Waals surface area contributed by atoms with Crippen LogP contribution in [-0.2, 0) is 5.41 Å². The molecule has 0 aliphatic carbocycles. The Morgan fingerprint density at radius 2 is 1.55 bits per heavy atom. The van der Waals surface area contributed by atoms with Crippen LogP contribution < -0.4 is 9.64 Å². The summed E-state index contributed by atoms with van der Waals surface area (Å²) in [4.78, 5) is 7.15. The number of β-amino-alcohol motifs (C(OH)–C–C–N with tert-alkyl or cyclic N) is 1. The molecular weight excluding hydrogens is 384 g/mol. The van der Waals surface area contributed by atoms with Crippen molar-refractivity contribution in [1.82, 2.24) is 0 Å². The largest absolute Gasteiger partial charge is 0.459 e. The van der Waals surface area contributed by atoms with Gasteiger partial charge in [-0.3, -0.25) is 4.99 Å². The van der Waals surface area contributed by atoms with Gasteiger partial charge in [-0.25, -0.2) is 0 Å². The maximum Gasteiger partial charge on any atom is 0.229 e. The minimum absolute atomic E-state index is 0.0336. The summed E-state index contributed by atoms with van der Waals surface area (Å²) in [6, 6.07) is 25.1. The third-order valence-corrected chi connectivity index (χ3v) is 6.94. The standard InChI is InChI=1S/C27H24N2O2/c1-26(2)24-20-9-5-3-7-18(20)11-13-22(24)29(15-16-30)27(26)17-28-25-21-10-6-4-8-19(21)12-14-23(25)31-27/h3-14,17,30H,15-16H2,1-2H3. The molecule has 31 heavy (non-hydrogen) atoms. The number of aliphatic hydroxyl groups excluding tert-OH is 1. The van der Waals surface area contributed by atoms with Crippen molar-refractivity contribution in [1.29, 1.82) is 0 Å². The summed E-state index contributed by atoms with van der Waals surface area (Å²) in [5.41, 5.74) is 1.97. The Labute approximate surface area is 181 Å². The van der Waals surface area contributed by atoms with Crippen LogP contribution in [-0.4, -0.2) is 30.2 Å². The number of aliphatic imine (C=N–C) groups is 1. The molecule has 4 aromatic carbocycles. The molecule has 0 bridgehead atoms. The topological polar surface area (TPSA) is 45.1 Å². The second-order valence-corrected chi connectivity index (χ2v) is 8.87. The fourth-order valence-corrected chi connectivity index (χ4v) is 5.43. The zero-order chi connectivity index (χ0) is 21.2. The molecule has 1 unspecified atom stereocenters. The molecule has 2 aliphatic heterocycles. The lowest BCUT2D eigenvalue weighted by atomic mass is 9.75. The molecule has 1 atom stereocenters. The van der Waals surface area contributed by atoms with Crippen LogP contribution in [0.4, 0.5) is 11.4 Å². The van der Waals surface area contributed by atoms with Crippen LogP contribution in [0.5, 0.6) is 5.75 Å². The van der Waals surface area contributed by atoms with Crippen molar-refractivity contribution < 1.29 is 9.84 Å². The van der Waals surface area contributed by atoms with E-state index >= 15 is 0 Å². The highest BCUT2D eigenvalue weighted by Crippen LogP contribution is 2.56. The van der Waals surface area contributed by atoms with Crippen molar-refractivity contribution in [2.24, 2.45) is 4.99 Å². The van der Waals surface area contributed by atoms with Gasteiger partial charge in [0.1, 0.15) is 11.4 Å². The van der Waals surface area contributed by atoms with Gasteiger partial charge in [-0.2, -0.15) is 0 Å². The van der Waals surface area contributed by atoms with Gasteiger partial charge in [-0.05, 0) is 47.7 Å². The highest BCUT2D eigenvalue weighted by molar-refractivity contribution is 6.02. The van der Waals surface area contributed by atoms with Crippen LogP contribution in [0.3, 0.4) is 0 Å². The molecule has 1 N–H and O–H groups in total. The van der Waals surface area contributed by atoms with E-state index in [0.29, 0.717) is 6.54 Å². The summed E-state index contributed by atoms with van der Waals surface area (Å²) in [5.74, 6) is 0.773. The summed E-state index contributed by atoms with van der Waals surface area (Å²) in [6.45, 7) is 4.93. The molecule has 0 saturated carbocycles. The van der Waals surface area contributed by atoms with Crippen LogP contribution in [0.2, 0.25) is 0 Å². The van der Waals surface area contributed by atoms with Crippen LogP contribution in [0.25, 0.3) is 21.5 Å². The highest BCUT2D eigenvalue weighted by atomic mass is 16.5. The molecule has 0 aromatic heterocycles. The summed E-state index contributed by atoms with van der Waals surface area (Å²) in [6.07, 6.45) is 1.95. The second-order valence-electron chi connectivity index (χ2n) is 8.87. The second kappa shape index (κ2) is 6.32. The van der Waals surface area contributed by atoms with E-state index in [1.54, 1.807) is 0 Å². The predicted molar refractivity (Wildman–Crippen MR) is 127 cm³/mol. The minimum Gasteiger partial charge on any atom is -0.459 e. The normalized spacial score (nSPS) is 20.8. The zero-order valence-electron chi connectivity index (χ0n) is 17.7. The molecular formula is C27H24N2O2. The van der Waals surface area contributed by atoms with E-state index in [1.165, 1.54) is 16.3 Å². The van der Waals surface area contributed by atoms with Crippen LogP contribution in [0.1, 0.15) is 19.4 Å². The number of hydrogen-bond donors (Lipinski definition) is 1. The van der Waals surface area contributed by atoms with Gasteiger partial charge < -0.3 is 14.7 Å². The van der Waals surface area contributed by atoms with Crippen molar-refractivity contribution in [3.63, 3.8) is 0 Å². The van der Waals surface area contributed by atoms with Gasteiger partial charge in [-0.1, -0.05) is 60.7 Å². The van der Waals surface area contributed by atoms with Gasteiger partial charge in [0.2, 0.25) is 5.72 Å². The van der Waals surface area contributed by atoms with Crippen molar-refractivity contribution >= 4 is 39.1 Å². The summed E-state index contributed by atoms with van der Waals surface area (Å²) in [5, 5.41) is 14.6. The lowest BCUT2D eigenvalue weighted by Gasteiger charge is -2.46. The first-order valence-electron chi connectivity index (χ1n) is 10.7. The van der Waals surface area contributed by atoms with Crippen molar-refractivity contribution in [2.75, 3.05) is 18.1 Å². The minimum atomic E-state index is -0.822. The Balaban J connectivity index is 1.60. The van der Waals surface area contributed by atoms with E-state index in [1.807, 2.05) is 24.4 Å². The molecule has 0 radical (unpaired) electrons. The number of fused-ring (bicyclic) bond motifs is 6. The SMILES string of the molecule is CC1(C)c2c(ccc3ccccc23)N(CCO)C12C=Nc1c(ccc3ccccc13)O2. The van der Waals surface area contributed by atoms with Gasteiger partial charge in [-0.15, -0.1) is 0 Å². The first kappa shape index (κ1) is 18.4. The number of hydrogen-bond acceptors (Lipinski definition) is 4. The summed E-state index contributed by atoms with van der Waals surface area (Å²) < 4.78 is 6.87. The predicted octanol–water partition coefficient (Wildman–Crippen LogP) is 5.57. The molecule has 4 heteroatoms. The quantitative estimate of drug-likeness (QED) is 0.471. The van der Waals surface area contributed by atoms with Gasteiger partial charge in [0.15, 0.2) is 0 Å². The lowest BCUT2D eigenvalue weighted by Crippen LogP contribution is -2.62. The number of anilines is 1. The molecule has 0 saturated heterocycles. The molecule has 2 heterocycles. The van der Waals surface area contributed by atoms with Gasteiger partial charge in [0, 0.05) is 17.6 Å². The highest BCUT2D eigenvalue weighted by Gasteiger charge is 2.60. The van der Waals surface area contributed by atoms with E-state index in [0.717, 1.165) is 27.9 Å². The fourth-order valence-electron chi connectivity index (χ4n) is 5.43. The van der Waals surface area contributed by atoms with Crippen molar-refractivity contribution in [3.05, 3.63) is 78.4 Å². The van der Waals surface area contributed by atoms with E-state index < -0.39 is 11.1 Å². The van der Waals surface area contributed by atoms with Crippen molar-refractivity contribution in [3.8, 4) is 5.75 Å². The van der Waals surface area contributed by atoms with Crippen LogP contribution in [0, 0.1) is 0 Å². The number of rotatable bonds is 2. The number of ether oxygens (including phenoxy) is 1. The first-order valence-corrected chi connectivity index (χ1v) is 10.7. The van der Waals surface area contributed by atoms with Gasteiger partial charge >= 0.3 is 0 Å². The van der Waals surface area contributed by atoms with E-state index in [2.05, 4.69) is 73.3 Å². The monoisotopic (exact) mass is 408 g/mol. The maximum atomic E-state index is 9.94. The maximum absolute atomic E-state index is 9.94. The average molecular weight is 409 g/mol. The Kier molecular flexibility index (Phi) is 3.75. The smallest absolute Gasteiger partial charge is 0.229 e. The Hall–Kier alpha value is -3.37. The molecule has 4 aromatic rings. The lowest BCUT2D eigenvalue weighted by molar-refractivity contribution is 0.0747. The van der Waals surface area contributed by atoms with Gasteiger partial charge in [0.25, 0.3) is 0 Å². The number of nitrogens with zero attached hydrogens (tertiary/aromatic N) is 2. The van der Waals surface area contributed by atoms with E-state index in [4.69, 9.17) is 9.73 Å². The first-order chi connectivity index (χ1) is 15.1. The number of benzene rings is 4. The van der Waals surface area contributed by atoms with E-state index in [-0.39, 0.29) is 6.61 Å². The Bertz CT molecular complexity index is 1370. The molecule has 6 rings (SSSR count). The van der Waals surface area contributed by atoms with E-state index in [9.17, 15) is 5.11 Å². The summed E-state index contributed by atoms with van der Waals surface area (Å²) in [7, 11) is 0. The Morgan fingerprint density at radius 1 is 0.871 bits per heavy atom. The molecule has 0 fully saturated rings. The molecule has 0 amide bonds. The molecule has 4 nitrogen and oxygen atoms in total. The van der Waals surface area contributed by atoms with Crippen LogP contribution in [0.15, 0.2) is 77.8 Å². The molecule has 1 spiro atoms. The third-order valence-electron chi connectivity index (χ3n) is 6.94. The van der Waals surface area contributed by atoms with Crippen LogP contribution >= 0.6 is 0 Å². The molecule has 154 valence electrons. The van der Waals surface area contributed by atoms with Gasteiger partial charge in [0.05, 0.1) is 18.2 Å². The number of aliphatic hydroxyl groups is 1. The zero-order valence-corrected chi connectivity index (χ0v) is 17.7. The average Bonchev–Trinajstić information content (AvgIpc) is 2.97. The summed E-state index contributed by atoms with van der Waals surface area (Å²) >= 11 is 0. The molecule has 2 aliphatic rings.